The molecule has 0 saturated heterocycles. The molecule has 4 aromatic rings. The highest BCUT2D eigenvalue weighted by molar-refractivity contribution is 7.22. The molecule has 0 spiro atoms. The van der Waals surface area contributed by atoms with E-state index in [4.69, 9.17) is 9.15 Å². The van der Waals surface area contributed by atoms with Crippen molar-refractivity contribution in [2.75, 3.05) is 19.0 Å². The molecule has 0 aliphatic heterocycles. The minimum Gasteiger partial charge on any atom is -0.497 e. The number of aromatic nitrogens is 1. The molecular weight excluding hydrogens is 392 g/mol. The molecule has 2 amide bonds. The van der Waals surface area contributed by atoms with Crippen molar-refractivity contribution in [2.24, 2.45) is 0 Å². The first-order valence-electron chi connectivity index (χ1n) is 8.81. The monoisotopic (exact) mass is 410 g/mol. The number of nitrogens with one attached hydrogen (secondary N) is 3. The molecule has 0 saturated carbocycles. The Morgan fingerprint density at radius 2 is 2.00 bits per heavy atom. The lowest BCUT2D eigenvalue weighted by Crippen LogP contribution is -2.44. The van der Waals surface area contributed by atoms with Crippen LogP contribution in [-0.2, 0) is 4.79 Å². The van der Waals surface area contributed by atoms with Gasteiger partial charge >= 0.3 is 5.91 Å². The third-order valence-corrected chi connectivity index (χ3v) is 5.35. The number of fused-ring (bicyclic) bond motifs is 2. The molecule has 0 bridgehead atoms. The van der Waals surface area contributed by atoms with Crippen LogP contribution in [0.3, 0.4) is 0 Å². The molecular formula is C20H18N4O4S. The Hall–Kier alpha value is -3.59. The molecule has 29 heavy (non-hydrogen) atoms. The van der Waals surface area contributed by atoms with E-state index in [2.05, 4.69) is 21.2 Å². The molecule has 4 rings (SSSR count). The summed E-state index contributed by atoms with van der Waals surface area (Å²) in [5, 5.41) is 4.36. The van der Waals surface area contributed by atoms with Crippen LogP contribution in [0.2, 0.25) is 0 Å². The first-order valence-corrected chi connectivity index (χ1v) is 9.62. The SMILES string of the molecule is COc1ccc2oc(C(=O)NNC(=O)CNc3nc4ccccc4s3)c(C)c2c1. The Labute approximate surface area is 169 Å². The van der Waals surface area contributed by atoms with Gasteiger partial charge in [-0.25, -0.2) is 4.98 Å². The molecule has 2 aromatic carbocycles. The molecule has 9 heteroatoms. The smallest absolute Gasteiger partial charge is 0.305 e. The van der Waals surface area contributed by atoms with E-state index in [1.165, 1.54) is 11.3 Å². The van der Waals surface area contributed by atoms with Crippen LogP contribution in [0.5, 0.6) is 5.75 Å². The predicted molar refractivity (Wildman–Crippen MR) is 111 cm³/mol. The van der Waals surface area contributed by atoms with E-state index in [-0.39, 0.29) is 12.3 Å². The number of nitrogens with zero attached hydrogens (tertiary/aromatic N) is 1. The number of amides is 2. The maximum absolute atomic E-state index is 12.4. The van der Waals surface area contributed by atoms with Gasteiger partial charge in [0.15, 0.2) is 10.9 Å². The van der Waals surface area contributed by atoms with E-state index >= 15 is 0 Å². The van der Waals surface area contributed by atoms with Gasteiger partial charge in [-0.3, -0.25) is 20.4 Å². The number of methoxy groups -OCH3 is 1. The van der Waals surface area contributed by atoms with Crippen molar-refractivity contribution >= 4 is 49.5 Å². The predicted octanol–water partition coefficient (Wildman–Crippen LogP) is 3.23. The highest BCUT2D eigenvalue weighted by Gasteiger charge is 2.18. The zero-order valence-corrected chi connectivity index (χ0v) is 16.6. The summed E-state index contributed by atoms with van der Waals surface area (Å²) in [6.07, 6.45) is 0. The number of benzene rings is 2. The van der Waals surface area contributed by atoms with Crippen LogP contribution in [-0.4, -0.2) is 30.5 Å². The molecule has 0 aliphatic rings. The van der Waals surface area contributed by atoms with Gasteiger partial charge in [-0.15, -0.1) is 0 Å². The van der Waals surface area contributed by atoms with Crippen molar-refractivity contribution in [2.45, 2.75) is 6.92 Å². The molecule has 2 heterocycles. The quantitative estimate of drug-likeness (QED) is 0.436. The Kier molecular flexibility index (Phi) is 5.05. The molecule has 0 atom stereocenters. The number of carbonyl (C=O) groups is 2. The number of rotatable bonds is 5. The molecule has 0 unspecified atom stereocenters. The molecule has 3 N–H and O–H groups in total. The van der Waals surface area contributed by atoms with Gasteiger partial charge in [0, 0.05) is 10.9 Å². The number of para-hydroxylation sites is 1. The van der Waals surface area contributed by atoms with Gasteiger partial charge in [-0.2, -0.15) is 0 Å². The number of ether oxygens (including phenoxy) is 1. The molecule has 0 radical (unpaired) electrons. The van der Waals surface area contributed by atoms with Crippen LogP contribution in [0.25, 0.3) is 21.2 Å². The zero-order valence-electron chi connectivity index (χ0n) is 15.7. The van der Waals surface area contributed by atoms with E-state index in [1.807, 2.05) is 24.3 Å². The molecule has 8 nitrogen and oxygen atoms in total. The molecule has 0 aliphatic carbocycles. The van der Waals surface area contributed by atoms with Crippen molar-refractivity contribution in [3.63, 3.8) is 0 Å². The van der Waals surface area contributed by atoms with Gasteiger partial charge in [-0.05, 0) is 37.3 Å². The summed E-state index contributed by atoms with van der Waals surface area (Å²) < 4.78 is 11.8. The Morgan fingerprint density at radius 1 is 1.17 bits per heavy atom. The standard InChI is InChI=1S/C20H18N4O4S/c1-11-13-9-12(27-2)7-8-15(13)28-18(11)19(26)24-23-17(25)10-21-20-22-14-5-3-4-6-16(14)29-20/h3-9H,10H2,1-2H3,(H,21,22)(H,23,25)(H,24,26). The van der Waals surface area contributed by atoms with Crippen molar-refractivity contribution < 1.29 is 18.7 Å². The van der Waals surface area contributed by atoms with Crippen LogP contribution >= 0.6 is 11.3 Å². The second kappa shape index (κ2) is 7.80. The number of hydrogen-bond donors (Lipinski definition) is 3. The third-order valence-electron chi connectivity index (χ3n) is 4.36. The topological polar surface area (TPSA) is 105 Å². The fourth-order valence-corrected chi connectivity index (χ4v) is 3.74. The second-order valence-electron chi connectivity index (χ2n) is 6.26. The summed E-state index contributed by atoms with van der Waals surface area (Å²) in [5.74, 6) is -0.144. The Bertz CT molecular complexity index is 1180. The van der Waals surface area contributed by atoms with E-state index in [0.717, 1.165) is 15.6 Å². The summed E-state index contributed by atoms with van der Waals surface area (Å²) in [6, 6.07) is 13.0. The maximum Gasteiger partial charge on any atom is 0.305 e. The molecule has 0 fully saturated rings. The summed E-state index contributed by atoms with van der Waals surface area (Å²) in [5.41, 5.74) is 6.84. The largest absolute Gasteiger partial charge is 0.497 e. The van der Waals surface area contributed by atoms with Crippen molar-refractivity contribution in [1.29, 1.82) is 0 Å². The first kappa shape index (κ1) is 18.8. The van der Waals surface area contributed by atoms with Crippen molar-refractivity contribution in [3.8, 4) is 5.75 Å². The van der Waals surface area contributed by atoms with Crippen LogP contribution in [0.15, 0.2) is 46.9 Å². The highest BCUT2D eigenvalue weighted by Crippen LogP contribution is 2.28. The average Bonchev–Trinajstić information content (AvgIpc) is 3.31. The zero-order chi connectivity index (χ0) is 20.4. The average molecular weight is 410 g/mol. The van der Waals surface area contributed by atoms with E-state index in [0.29, 0.717) is 22.0 Å². The number of aryl methyl sites for hydroxylation is 1. The molecule has 148 valence electrons. The third kappa shape index (κ3) is 3.85. The van der Waals surface area contributed by atoms with Gasteiger partial charge in [0.25, 0.3) is 5.91 Å². The van der Waals surface area contributed by atoms with Crippen LogP contribution < -0.4 is 20.9 Å². The van der Waals surface area contributed by atoms with Crippen LogP contribution in [0.4, 0.5) is 5.13 Å². The summed E-state index contributed by atoms with van der Waals surface area (Å²) in [7, 11) is 1.57. The lowest BCUT2D eigenvalue weighted by molar-refractivity contribution is -0.120. The van der Waals surface area contributed by atoms with Crippen molar-refractivity contribution in [1.82, 2.24) is 15.8 Å². The van der Waals surface area contributed by atoms with Crippen LogP contribution in [0.1, 0.15) is 16.1 Å². The number of carbonyl (C=O) groups excluding carboxylic acids is 2. The number of thiazole rings is 1. The fourth-order valence-electron chi connectivity index (χ4n) is 2.87. The van der Waals surface area contributed by atoms with E-state index in [1.54, 1.807) is 32.2 Å². The lowest BCUT2D eigenvalue weighted by atomic mass is 10.1. The molecule has 2 aromatic heterocycles. The minimum atomic E-state index is -0.536. The Morgan fingerprint density at radius 3 is 2.79 bits per heavy atom. The van der Waals surface area contributed by atoms with Gasteiger partial charge < -0.3 is 14.5 Å². The second-order valence-corrected chi connectivity index (χ2v) is 7.29. The summed E-state index contributed by atoms with van der Waals surface area (Å²) >= 11 is 1.45. The number of hydrazine groups is 1. The summed E-state index contributed by atoms with van der Waals surface area (Å²) in [4.78, 5) is 28.8. The summed E-state index contributed by atoms with van der Waals surface area (Å²) in [6.45, 7) is 1.74. The number of furan rings is 1. The van der Waals surface area contributed by atoms with Gasteiger partial charge in [0.1, 0.15) is 11.3 Å². The minimum absolute atomic E-state index is 0.0313. The van der Waals surface area contributed by atoms with E-state index < -0.39 is 11.8 Å². The number of anilines is 1. The normalized spacial score (nSPS) is 10.8. The highest BCUT2D eigenvalue weighted by atomic mass is 32.1. The van der Waals surface area contributed by atoms with Gasteiger partial charge in [0.05, 0.1) is 23.9 Å². The maximum atomic E-state index is 12.4. The van der Waals surface area contributed by atoms with Crippen molar-refractivity contribution in [3.05, 3.63) is 53.8 Å². The van der Waals surface area contributed by atoms with Crippen LogP contribution in [0, 0.1) is 6.92 Å². The Balaban J connectivity index is 1.35. The van der Waals surface area contributed by atoms with E-state index in [9.17, 15) is 9.59 Å². The first-order chi connectivity index (χ1) is 14.0. The number of hydrogen-bond acceptors (Lipinski definition) is 7. The van der Waals surface area contributed by atoms with Gasteiger partial charge in [-0.1, -0.05) is 23.5 Å². The van der Waals surface area contributed by atoms with Gasteiger partial charge in [0.2, 0.25) is 0 Å². The lowest BCUT2D eigenvalue weighted by Gasteiger charge is -2.06. The fraction of sp³-hybridized carbons (Fsp3) is 0.150.